The van der Waals surface area contributed by atoms with Gasteiger partial charge in [0.1, 0.15) is 0 Å². The third-order valence-corrected chi connectivity index (χ3v) is 3.77. The molecule has 0 atom stereocenters. The van der Waals surface area contributed by atoms with Crippen LogP contribution in [0.1, 0.15) is 5.56 Å². The van der Waals surface area contributed by atoms with Crippen LogP contribution in [0.25, 0.3) is 0 Å². The van der Waals surface area contributed by atoms with Gasteiger partial charge in [-0.3, -0.25) is 0 Å². The van der Waals surface area contributed by atoms with Gasteiger partial charge in [-0.05, 0) is 11.6 Å². The molecule has 124 valence electrons. The van der Waals surface area contributed by atoms with Gasteiger partial charge in [-0.2, -0.15) is 5.26 Å². The van der Waals surface area contributed by atoms with E-state index >= 15 is 0 Å². The second kappa shape index (κ2) is 7.75. The Morgan fingerprint density at radius 1 is 1.22 bits per heavy atom. The topological polar surface area (TPSA) is 64.0 Å². The first-order valence-corrected chi connectivity index (χ1v) is 7.38. The van der Waals surface area contributed by atoms with Crippen LogP contribution in [0.4, 0.5) is 5.69 Å². The van der Waals surface area contributed by atoms with Gasteiger partial charge in [-0.1, -0.05) is 6.58 Å². The summed E-state index contributed by atoms with van der Waals surface area (Å²) in [6.45, 7) is 6.58. The van der Waals surface area contributed by atoms with Crippen molar-refractivity contribution >= 4 is 5.69 Å². The molecule has 0 unspecified atom stereocenters. The van der Waals surface area contributed by atoms with Crippen molar-refractivity contribution in [2.45, 2.75) is 6.42 Å². The van der Waals surface area contributed by atoms with Crippen LogP contribution < -0.4 is 19.1 Å². The van der Waals surface area contributed by atoms with E-state index in [1.165, 1.54) is 0 Å². The van der Waals surface area contributed by atoms with Gasteiger partial charge in [0.15, 0.2) is 11.5 Å². The summed E-state index contributed by atoms with van der Waals surface area (Å²) in [5, 5.41) is 9.08. The zero-order valence-electron chi connectivity index (χ0n) is 13.8. The number of nitriles is 1. The van der Waals surface area contributed by atoms with Crippen molar-refractivity contribution < 1.29 is 18.9 Å². The summed E-state index contributed by atoms with van der Waals surface area (Å²) in [5.41, 5.74) is 2.31. The number of ether oxygens (including phenoxy) is 4. The Labute approximate surface area is 136 Å². The molecule has 1 aliphatic rings. The fourth-order valence-corrected chi connectivity index (χ4v) is 2.73. The molecule has 0 bridgehead atoms. The summed E-state index contributed by atoms with van der Waals surface area (Å²) >= 11 is 0. The summed E-state index contributed by atoms with van der Waals surface area (Å²) in [6.07, 6.45) is 0.430. The van der Waals surface area contributed by atoms with Crippen LogP contribution >= 0.6 is 0 Å². The van der Waals surface area contributed by atoms with Crippen LogP contribution in [0, 0.1) is 11.3 Å². The zero-order chi connectivity index (χ0) is 16.8. The Balaban J connectivity index is 2.61. The highest BCUT2D eigenvalue weighted by Gasteiger charge is 2.26. The van der Waals surface area contributed by atoms with E-state index < -0.39 is 0 Å². The molecule has 0 aromatic heterocycles. The zero-order valence-corrected chi connectivity index (χ0v) is 13.8. The van der Waals surface area contributed by atoms with Crippen LogP contribution in [0.5, 0.6) is 17.2 Å². The minimum atomic E-state index is 0.430. The van der Waals surface area contributed by atoms with E-state index in [0.29, 0.717) is 42.5 Å². The molecule has 23 heavy (non-hydrogen) atoms. The van der Waals surface area contributed by atoms with Crippen LogP contribution in [0.2, 0.25) is 0 Å². The summed E-state index contributed by atoms with van der Waals surface area (Å²) in [7, 11) is 4.76. The fourth-order valence-electron chi connectivity index (χ4n) is 2.73. The lowest BCUT2D eigenvalue weighted by atomic mass is 10.0. The van der Waals surface area contributed by atoms with Crippen LogP contribution in [0.15, 0.2) is 18.2 Å². The third kappa shape index (κ3) is 3.51. The highest BCUT2D eigenvalue weighted by molar-refractivity contribution is 5.74. The first-order chi connectivity index (χ1) is 11.2. The van der Waals surface area contributed by atoms with Crippen molar-refractivity contribution in [1.29, 1.82) is 5.26 Å². The molecule has 0 amide bonds. The minimum absolute atomic E-state index is 0.430. The Hall–Kier alpha value is -2.39. The van der Waals surface area contributed by atoms with Gasteiger partial charge in [0, 0.05) is 25.1 Å². The summed E-state index contributed by atoms with van der Waals surface area (Å²) in [4.78, 5) is 2.18. The quantitative estimate of drug-likeness (QED) is 0.749. The van der Waals surface area contributed by atoms with E-state index in [0.717, 1.165) is 24.3 Å². The molecule has 1 aliphatic heterocycles. The number of hydrogen-bond donors (Lipinski definition) is 0. The molecular weight excluding hydrogens is 296 g/mol. The standard InChI is InChI=1S/C17H22N2O4/c1-12(11-18)9-13-10-14(20-2)16(21-3)17(22-4)15(13)19-5-7-23-8-6-19/h10H,1,5-9H2,2-4H3. The summed E-state index contributed by atoms with van der Waals surface area (Å²) < 4.78 is 21.9. The average Bonchev–Trinajstić information content (AvgIpc) is 2.60. The molecular formula is C17H22N2O4. The molecule has 1 saturated heterocycles. The van der Waals surface area contributed by atoms with Gasteiger partial charge in [0.2, 0.25) is 5.75 Å². The van der Waals surface area contributed by atoms with Crippen molar-refractivity contribution in [2.24, 2.45) is 0 Å². The van der Waals surface area contributed by atoms with Crippen molar-refractivity contribution in [3.8, 4) is 23.3 Å². The van der Waals surface area contributed by atoms with Gasteiger partial charge in [0.25, 0.3) is 0 Å². The highest BCUT2D eigenvalue weighted by Crippen LogP contribution is 2.47. The van der Waals surface area contributed by atoms with Crippen molar-refractivity contribution in [2.75, 3.05) is 52.5 Å². The Morgan fingerprint density at radius 2 is 1.87 bits per heavy atom. The fraction of sp³-hybridized carbons (Fsp3) is 0.471. The molecule has 2 rings (SSSR count). The first kappa shape index (κ1) is 17.0. The number of morpholine rings is 1. The molecule has 1 fully saturated rings. The smallest absolute Gasteiger partial charge is 0.205 e. The number of benzene rings is 1. The molecule has 0 spiro atoms. The summed E-state index contributed by atoms with van der Waals surface area (Å²) in [5.74, 6) is 1.72. The first-order valence-electron chi connectivity index (χ1n) is 7.38. The maximum absolute atomic E-state index is 9.08. The number of allylic oxidation sites excluding steroid dienone is 1. The third-order valence-electron chi connectivity index (χ3n) is 3.77. The van der Waals surface area contributed by atoms with E-state index in [1.807, 2.05) is 6.07 Å². The molecule has 0 aliphatic carbocycles. The van der Waals surface area contributed by atoms with Gasteiger partial charge < -0.3 is 23.8 Å². The minimum Gasteiger partial charge on any atom is -0.493 e. The molecule has 1 heterocycles. The normalized spacial score (nSPS) is 14.1. The van der Waals surface area contributed by atoms with Crippen LogP contribution in [-0.2, 0) is 11.2 Å². The van der Waals surface area contributed by atoms with Gasteiger partial charge in [-0.15, -0.1) is 0 Å². The maximum Gasteiger partial charge on any atom is 0.205 e. The van der Waals surface area contributed by atoms with E-state index in [4.69, 9.17) is 24.2 Å². The van der Waals surface area contributed by atoms with Gasteiger partial charge in [-0.25, -0.2) is 0 Å². The molecule has 0 saturated carbocycles. The highest BCUT2D eigenvalue weighted by atomic mass is 16.5. The maximum atomic E-state index is 9.08. The molecule has 0 N–H and O–H groups in total. The van der Waals surface area contributed by atoms with Crippen LogP contribution in [-0.4, -0.2) is 47.6 Å². The summed E-state index contributed by atoms with van der Waals surface area (Å²) in [6, 6.07) is 3.98. The molecule has 6 heteroatoms. The molecule has 1 aromatic rings. The lowest BCUT2D eigenvalue weighted by Crippen LogP contribution is -2.37. The Bertz CT molecular complexity index is 616. The predicted octanol–water partition coefficient (Wildman–Crippen LogP) is 2.17. The monoisotopic (exact) mass is 318 g/mol. The van der Waals surface area contributed by atoms with E-state index in [9.17, 15) is 0 Å². The molecule has 6 nitrogen and oxygen atoms in total. The van der Waals surface area contributed by atoms with Crippen molar-refractivity contribution in [3.63, 3.8) is 0 Å². The SMILES string of the molecule is C=C(C#N)Cc1cc(OC)c(OC)c(OC)c1N1CCOCC1. The number of hydrogen-bond acceptors (Lipinski definition) is 6. The van der Waals surface area contributed by atoms with Crippen LogP contribution in [0.3, 0.4) is 0 Å². The second-order valence-corrected chi connectivity index (χ2v) is 5.14. The van der Waals surface area contributed by atoms with Gasteiger partial charge >= 0.3 is 0 Å². The molecule has 0 radical (unpaired) electrons. The van der Waals surface area contributed by atoms with Crippen molar-refractivity contribution in [3.05, 3.63) is 23.8 Å². The number of nitrogens with zero attached hydrogens (tertiary/aromatic N) is 2. The number of rotatable bonds is 6. The van der Waals surface area contributed by atoms with E-state index in [1.54, 1.807) is 21.3 Å². The van der Waals surface area contributed by atoms with Crippen molar-refractivity contribution in [1.82, 2.24) is 0 Å². The second-order valence-electron chi connectivity index (χ2n) is 5.14. The lowest BCUT2D eigenvalue weighted by Gasteiger charge is -2.32. The lowest BCUT2D eigenvalue weighted by molar-refractivity contribution is 0.122. The van der Waals surface area contributed by atoms with E-state index in [2.05, 4.69) is 17.5 Å². The average molecular weight is 318 g/mol. The van der Waals surface area contributed by atoms with E-state index in [-0.39, 0.29) is 0 Å². The predicted molar refractivity (Wildman–Crippen MR) is 87.6 cm³/mol. The Kier molecular flexibility index (Phi) is 5.72. The van der Waals surface area contributed by atoms with Gasteiger partial charge in [0.05, 0.1) is 46.3 Å². The Morgan fingerprint density at radius 3 is 2.39 bits per heavy atom. The number of anilines is 1. The largest absolute Gasteiger partial charge is 0.493 e. The molecule has 1 aromatic carbocycles. The number of methoxy groups -OCH3 is 3.